The monoisotopic (exact) mass is 222 g/mol. The van der Waals surface area contributed by atoms with Gasteiger partial charge in [0.05, 0.1) is 16.8 Å². The van der Waals surface area contributed by atoms with E-state index in [-0.39, 0.29) is 5.56 Å². The molecule has 0 saturated carbocycles. The fourth-order valence-corrected chi connectivity index (χ4v) is 1.55. The Hall–Kier alpha value is -1.74. The van der Waals surface area contributed by atoms with Crippen LogP contribution in [-0.4, -0.2) is 11.1 Å². The Kier molecular flexibility index (Phi) is 2.47. The highest BCUT2D eigenvalue weighted by Crippen LogP contribution is 2.28. The summed E-state index contributed by atoms with van der Waals surface area (Å²) in [4.78, 5) is 10.7. The van der Waals surface area contributed by atoms with Gasteiger partial charge in [-0.15, -0.1) is 0 Å². The molecule has 3 nitrogen and oxygen atoms in total. The molecule has 0 unspecified atom stereocenters. The average Bonchev–Trinajstić information content (AvgIpc) is 2.70. The second-order valence-electron chi connectivity index (χ2n) is 2.98. The lowest BCUT2D eigenvalue weighted by molar-refractivity contribution is 0.0697. The molecule has 0 aliphatic carbocycles. The van der Waals surface area contributed by atoms with Gasteiger partial charge in [0.25, 0.3) is 0 Å². The molecule has 76 valence electrons. The van der Waals surface area contributed by atoms with Gasteiger partial charge in [-0.2, -0.15) is 0 Å². The zero-order chi connectivity index (χ0) is 10.8. The third-order valence-electron chi connectivity index (χ3n) is 2.00. The van der Waals surface area contributed by atoms with E-state index in [1.54, 1.807) is 18.2 Å². The number of hydrogen-bond donors (Lipinski definition) is 1. The fraction of sp³-hybridized carbons (Fsp3) is 0. The molecule has 1 aromatic carbocycles. The third-order valence-corrected chi connectivity index (χ3v) is 2.32. The smallest absolute Gasteiger partial charge is 0.335 e. The summed E-state index contributed by atoms with van der Waals surface area (Å²) in [5.74, 6) is -0.375. The molecular formula is C11H7ClO3. The number of benzene rings is 1. The maximum atomic E-state index is 10.7. The van der Waals surface area contributed by atoms with Crippen LogP contribution in [0.1, 0.15) is 10.4 Å². The highest BCUT2D eigenvalue weighted by molar-refractivity contribution is 6.33. The maximum absolute atomic E-state index is 10.7. The van der Waals surface area contributed by atoms with E-state index in [2.05, 4.69) is 0 Å². The number of rotatable bonds is 2. The lowest BCUT2D eigenvalue weighted by Crippen LogP contribution is -1.95. The minimum Gasteiger partial charge on any atom is -0.478 e. The van der Waals surface area contributed by atoms with Crippen LogP contribution in [0.15, 0.2) is 41.0 Å². The zero-order valence-electron chi connectivity index (χ0n) is 7.61. The summed E-state index contributed by atoms with van der Waals surface area (Å²) in [6, 6.07) is 8.04. The molecule has 0 radical (unpaired) electrons. The first-order valence-electron chi connectivity index (χ1n) is 4.25. The number of hydrogen-bond acceptors (Lipinski definition) is 2. The van der Waals surface area contributed by atoms with Crippen LogP contribution in [0.25, 0.3) is 11.3 Å². The van der Waals surface area contributed by atoms with E-state index < -0.39 is 5.97 Å². The van der Waals surface area contributed by atoms with Crippen LogP contribution in [0.2, 0.25) is 5.02 Å². The Bertz CT molecular complexity index is 489. The van der Waals surface area contributed by atoms with Gasteiger partial charge < -0.3 is 9.52 Å². The van der Waals surface area contributed by atoms with Crippen LogP contribution in [0.4, 0.5) is 0 Å². The topological polar surface area (TPSA) is 50.4 Å². The van der Waals surface area contributed by atoms with Gasteiger partial charge >= 0.3 is 5.97 Å². The Labute approximate surface area is 90.9 Å². The Balaban J connectivity index is 2.48. The zero-order valence-corrected chi connectivity index (χ0v) is 8.36. The molecule has 0 spiro atoms. The van der Waals surface area contributed by atoms with Gasteiger partial charge in [-0.1, -0.05) is 11.6 Å². The summed E-state index contributed by atoms with van der Waals surface area (Å²) in [6.07, 6.45) is 1.54. The summed E-state index contributed by atoms with van der Waals surface area (Å²) in [5.41, 5.74) is 0.849. The van der Waals surface area contributed by atoms with E-state index >= 15 is 0 Å². The minimum atomic E-state index is -0.997. The lowest BCUT2D eigenvalue weighted by Gasteiger charge is -2.01. The summed E-state index contributed by atoms with van der Waals surface area (Å²) < 4.78 is 5.17. The third kappa shape index (κ3) is 1.87. The molecule has 0 fully saturated rings. The van der Waals surface area contributed by atoms with Crippen molar-refractivity contribution in [1.82, 2.24) is 0 Å². The predicted molar refractivity (Wildman–Crippen MR) is 56.1 cm³/mol. The molecule has 4 heteroatoms. The Morgan fingerprint density at radius 3 is 2.67 bits per heavy atom. The molecule has 0 atom stereocenters. The molecule has 1 N–H and O–H groups in total. The van der Waals surface area contributed by atoms with Crippen molar-refractivity contribution in [2.24, 2.45) is 0 Å². The van der Waals surface area contributed by atoms with Crippen LogP contribution >= 0.6 is 11.6 Å². The van der Waals surface area contributed by atoms with Gasteiger partial charge in [-0.25, -0.2) is 4.79 Å². The SMILES string of the molecule is O=C(O)c1ccc(-c2ccco2)c(Cl)c1. The van der Waals surface area contributed by atoms with Crippen molar-refractivity contribution in [3.05, 3.63) is 47.2 Å². The summed E-state index contributed by atoms with van der Waals surface area (Å²) in [6.45, 7) is 0. The van der Waals surface area contributed by atoms with Gasteiger partial charge in [-0.3, -0.25) is 0 Å². The highest BCUT2D eigenvalue weighted by Gasteiger charge is 2.09. The molecule has 0 amide bonds. The van der Waals surface area contributed by atoms with Crippen molar-refractivity contribution < 1.29 is 14.3 Å². The normalized spacial score (nSPS) is 10.2. The molecule has 0 aliphatic heterocycles. The van der Waals surface area contributed by atoms with Crippen molar-refractivity contribution in [3.8, 4) is 11.3 Å². The average molecular weight is 223 g/mol. The molecule has 0 saturated heterocycles. The Morgan fingerprint density at radius 2 is 2.13 bits per heavy atom. The molecule has 0 aliphatic rings. The number of carbonyl (C=O) groups is 1. The number of furan rings is 1. The van der Waals surface area contributed by atoms with Crippen molar-refractivity contribution in [2.45, 2.75) is 0 Å². The van der Waals surface area contributed by atoms with Crippen molar-refractivity contribution in [2.75, 3.05) is 0 Å². The van der Waals surface area contributed by atoms with E-state index in [0.29, 0.717) is 16.3 Å². The second-order valence-corrected chi connectivity index (χ2v) is 3.38. The van der Waals surface area contributed by atoms with Crippen molar-refractivity contribution >= 4 is 17.6 Å². The van der Waals surface area contributed by atoms with Crippen LogP contribution in [0.3, 0.4) is 0 Å². The van der Waals surface area contributed by atoms with Gasteiger partial charge in [0, 0.05) is 5.56 Å². The van der Waals surface area contributed by atoms with Crippen LogP contribution in [0, 0.1) is 0 Å². The molecule has 2 rings (SSSR count). The second kappa shape index (κ2) is 3.79. The van der Waals surface area contributed by atoms with E-state index in [1.165, 1.54) is 18.4 Å². The Morgan fingerprint density at radius 1 is 1.33 bits per heavy atom. The quantitative estimate of drug-likeness (QED) is 0.848. The van der Waals surface area contributed by atoms with Crippen LogP contribution < -0.4 is 0 Å². The van der Waals surface area contributed by atoms with Crippen LogP contribution in [0.5, 0.6) is 0 Å². The van der Waals surface area contributed by atoms with Crippen LogP contribution in [-0.2, 0) is 0 Å². The van der Waals surface area contributed by atoms with Gasteiger partial charge in [-0.05, 0) is 30.3 Å². The molecule has 2 aromatic rings. The van der Waals surface area contributed by atoms with E-state index in [0.717, 1.165) is 0 Å². The largest absolute Gasteiger partial charge is 0.478 e. The van der Waals surface area contributed by atoms with E-state index in [1.807, 2.05) is 0 Å². The summed E-state index contributed by atoms with van der Waals surface area (Å²) in [5, 5.41) is 9.11. The van der Waals surface area contributed by atoms with Gasteiger partial charge in [0.2, 0.25) is 0 Å². The first kappa shape index (κ1) is 9.80. The van der Waals surface area contributed by atoms with E-state index in [9.17, 15) is 4.79 Å². The number of halogens is 1. The number of carboxylic acid groups (broad SMARTS) is 1. The van der Waals surface area contributed by atoms with Crippen molar-refractivity contribution in [3.63, 3.8) is 0 Å². The van der Waals surface area contributed by atoms with Gasteiger partial charge in [0.15, 0.2) is 0 Å². The lowest BCUT2D eigenvalue weighted by atomic mass is 10.1. The molecular weight excluding hydrogens is 216 g/mol. The highest BCUT2D eigenvalue weighted by atomic mass is 35.5. The standard InChI is InChI=1S/C11H7ClO3/c12-9-6-7(11(13)14)3-4-8(9)10-2-1-5-15-10/h1-6H,(H,13,14). The van der Waals surface area contributed by atoms with Gasteiger partial charge in [0.1, 0.15) is 5.76 Å². The fourth-order valence-electron chi connectivity index (χ4n) is 1.28. The predicted octanol–water partition coefficient (Wildman–Crippen LogP) is 3.30. The molecule has 1 aromatic heterocycles. The molecule has 0 bridgehead atoms. The van der Waals surface area contributed by atoms with E-state index in [4.69, 9.17) is 21.1 Å². The summed E-state index contributed by atoms with van der Waals surface area (Å²) >= 11 is 5.94. The number of aromatic carboxylic acids is 1. The first-order chi connectivity index (χ1) is 7.18. The van der Waals surface area contributed by atoms with Crippen molar-refractivity contribution in [1.29, 1.82) is 0 Å². The number of carboxylic acids is 1. The molecule has 15 heavy (non-hydrogen) atoms. The molecule has 1 heterocycles. The first-order valence-corrected chi connectivity index (χ1v) is 4.63. The maximum Gasteiger partial charge on any atom is 0.335 e. The summed E-state index contributed by atoms with van der Waals surface area (Å²) in [7, 11) is 0. The minimum absolute atomic E-state index is 0.162.